The SMILES string of the molecule is CC1(F)CC(Nc2cc(=O)[nH]c3nc(C(F)(F)F)ccc23)C1. The Hall–Kier alpha value is -2.12. The van der Waals surface area contributed by atoms with Gasteiger partial charge >= 0.3 is 6.18 Å². The van der Waals surface area contributed by atoms with Crippen LogP contribution in [0, 0.1) is 0 Å². The van der Waals surface area contributed by atoms with Crippen LogP contribution in [0.15, 0.2) is 23.0 Å². The second-order valence-corrected chi connectivity index (χ2v) is 5.80. The molecule has 0 unspecified atom stereocenters. The summed E-state index contributed by atoms with van der Waals surface area (Å²) in [6, 6.07) is 3.19. The molecule has 0 aromatic carbocycles. The number of H-pyrrole nitrogens is 1. The molecule has 2 aromatic heterocycles. The number of nitrogens with one attached hydrogen (secondary N) is 2. The van der Waals surface area contributed by atoms with Crippen molar-refractivity contribution in [2.75, 3.05) is 5.32 Å². The molecular formula is C14H13F4N3O. The number of hydrogen-bond donors (Lipinski definition) is 2. The summed E-state index contributed by atoms with van der Waals surface area (Å²) in [4.78, 5) is 17.3. The zero-order chi connectivity index (χ0) is 16.1. The lowest BCUT2D eigenvalue weighted by molar-refractivity contribution is -0.141. The van der Waals surface area contributed by atoms with Crippen LogP contribution in [0.1, 0.15) is 25.5 Å². The van der Waals surface area contributed by atoms with Crippen LogP contribution in [0.4, 0.5) is 23.2 Å². The third-order valence-corrected chi connectivity index (χ3v) is 3.70. The van der Waals surface area contributed by atoms with Crippen molar-refractivity contribution in [2.45, 2.75) is 37.7 Å². The molecule has 1 fully saturated rings. The van der Waals surface area contributed by atoms with Gasteiger partial charge in [-0.15, -0.1) is 0 Å². The molecule has 1 saturated carbocycles. The van der Waals surface area contributed by atoms with Crippen LogP contribution in [0.3, 0.4) is 0 Å². The summed E-state index contributed by atoms with van der Waals surface area (Å²) in [5.41, 5.74) is -2.67. The Bertz CT molecular complexity index is 774. The topological polar surface area (TPSA) is 57.8 Å². The van der Waals surface area contributed by atoms with E-state index in [4.69, 9.17) is 0 Å². The number of anilines is 1. The first-order valence-corrected chi connectivity index (χ1v) is 6.71. The molecular weight excluding hydrogens is 302 g/mol. The average Bonchev–Trinajstić information content (AvgIpc) is 2.34. The van der Waals surface area contributed by atoms with Crippen molar-refractivity contribution in [3.05, 3.63) is 34.2 Å². The highest BCUT2D eigenvalue weighted by molar-refractivity contribution is 5.88. The van der Waals surface area contributed by atoms with Gasteiger partial charge in [0.15, 0.2) is 0 Å². The smallest absolute Gasteiger partial charge is 0.381 e. The molecule has 0 atom stereocenters. The number of pyridine rings is 2. The molecule has 2 N–H and O–H groups in total. The third-order valence-electron chi connectivity index (χ3n) is 3.70. The lowest BCUT2D eigenvalue weighted by atomic mass is 9.79. The van der Waals surface area contributed by atoms with E-state index in [1.165, 1.54) is 19.1 Å². The molecule has 0 bridgehead atoms. The molecule has 0 saturated heterocycles. The van der Waals surface area contributed by atoms with Gasteiger partial charge in [-0.3, -0.25) is 4.79 Å². The highest BCUT2D eigenvalue weighted by Gasteiger charge is 2.40. The molecule has 0 aliphatic heterocycles. The number of alkyl halides is 4. The average molecular weight is 315 g/mol. The molecule has 4 nitrogen and oxygen atoms in total. The summed E-state index contributed by atoms with van der Waals surface area (Å²) in [6.07, 6.45) is -4.01. The minimum absolute atomic E-state index is 0.146. The molecule has 0 radical (unpaired) electrons. The summed E-state index contributed by atoms with van der Waals surface area (Å²) < 4.78 is 51.5. The normalized spacial score (nSPS) is 25.0. The Morgan fingerprint density at radius 1 is 1.36 bits per heavy atom. The van der Waals surface area contributed by atoms with Crippen molar-refractivity contribution in [3.63, 3.8) is 0 Å². The van der Waals surface area contributed by atoms with Gasteiger partial charge in [0.1, 0.15) is 17.0 Å². The molecule has 0 amide bonds. The van der Waals surface area contributed by atoms with Gasteiger partial charge in [0.2, 0.25) is 0 Å². The second kappa shape index (κ2) is 4.69. The minimum Gasteiger partial charge on any atom is -0.381 e. The van der Waals surface area contributed by atoms with Crippen LogP contribution >= 0.6 is 0 Å². The molecule has 0 spiro atoms. The fourth-order valence-corrected chi connectivity index (χ4v) is 2.70. The number of aromatic amines is 1. The van der Waals surface area contributed by atoms with Gasteiger partial charge in [0.25, 0.3) is 5.56 Å². The Morgan fingerprint density at radius 2 is 2.05 bits per heavy atom. The predicted molar refractivity (Wildman–Crippen MR) is 73.5 cm³/mol. The number of fused-ring (bicyclic) bond motifs is 1. The third kappa shape index (κ3) is 2.77. The van der Waals surface area contributed by atoms with Gasteiger partial charge in [-0.25, -0.2) is 9.37 Å². The van der Waals surface area contributed by atoms with Crippen molar-refractivity contribution in [2.24, 2.45) is 0 Å². The largest absolute Gasteiger partial charge is 0.433 e. The van der Waals surface area contributed by atoms with Crippen LogP contribution in [-0.4, -0.2) is 21.7 Å². The van der Waals surface area contributed by atoms with E-state index in [-0.39, 0.29) is 24.5 Å². The molecule has 1 aliphatic rings. The summed E-state index contributed by atoms with van der Waals surface area (Å²) >= 11 is 0. The van der Waals surface area contributed by atoms with Crippen LogP contribution in [0.25, 0.3) is 11.0 Å². The lowest BCUT2D eigenvalue weighted by Gasteiger charge is -2.39. The van der Waals surface area contributed by atoms with E-state index in [0.717, 1.165) is 6.07 Å². The maximum Gasteiger partial charge on any atom is 0.433 e. The van der Waals surface area contributed by atoms with Crippen molar-refractivity contribution < 1.29 is 17.6 Å². The Morgan fingerprint density at radius 3 is 2.64 bits per heavy atom. The monoisotopic (exact) mass is 315 g/mol. The lowest BCUT2D eigenvalue weighted by Crippen LogP contribution is -2.45. The predicted octanol–water partition coefficient (Wildman–Crippen LogP) is 3.24. The van der Waals surface area contributed by atoms with Crippen molar-refractivity contribution in [1.82, 2.24) is 9.97 Å². The number of hydrogen-bond acceptors (Lipinski definition) is 3. The zero-order valence-corrected chi connectivity index (χ0v) is 11.6. The number of nitrogens with zero attached hydrogens (tertiary/aromatic N) is 1. The van der Waals surface area contributed by atoms with Gasteiger partial charge in [0, 0.05) is 30.3 Å². The first-order chi connectivity index (χ1) is 10.1. The van der Waals surface area contributed by atoms with E-state index in [1.807, 2.05) is 0 Å². The molecule has 3 rings (SSSR count). The summed E-state index contributed by atoms with van der Waals surface area (Å²) in [5.74, 6) is 0. The van der Waals surface area contributed by atoms with Crippen LogP contribution in [-0.2, 0) is 6.18 Å². The molecule has 118 valence electrons. The van der Waals surface area contributed by atoms with Crippen LogP contribution in [0.5, 0.6) is 0 Å². The quantitative estimate of drug-likeness (QED) is 0.837. The van der Waals surface area contributed by atoms with E-state index in [0.29, 0.717) is 11.1 Å². The van der Waals surface area contributed by atoms with Crippen LogP contribution < -0.4 is 10.9 Å². The van der Waals surface area contributed by atoms with E-state index >= 15 is 0 Å². The molecule has 22 heavy (non-hydrogen) atoms. The summed E-state index contributed by atoms with van der Waals surface area (Å²) in [7, 11) is 0. The molecule has 2 heterocycles. The number of rotatable bonds is 2. The number of aromatic nitrogens is 2. The molecule has 2 aromatic rings. The Balaban J connectivity index is 1.98. The second-order valence-electron chi connectivity index (χ2n) is 5.80. The van der Waals surface area contributed by atoms with Gasteiger partial charge in [0.05, 0.1) is 5.69 Å². The van der Waals surface area contributed by atoms with E-state index in [2.05, 4.69) is 15.3 Å². The van der Waals surface area contributed by atoms with Gasteiger partial charge in [-0.05, 0) is 19.1 Å². The first-order valence-electron chi connectivity index (χ1n) is 6.71. The maximum absolute atomic E-state index is 13.5. The summed E-state index contributed by atoms with van der Waals surface area (Å²) in [6.45, 7) is 1.48. The van der Waals surface area contributed by atoms with E-state index < -0.39 is 23.1 Å². The Labute approximate surface area is 122 Å². The molecule has 1 aliphatic carbocycles. The minimum atomic E-state index is -4.58. The van der Waals surface area contributed by atoms with Crippen molar-refractivity contribution >= 4 is 16.7 Å². The molecule has 8 heteroatoms. The fraction of sp³-hybridized carbons (Fsp3) is 0.429. The van der Waals surface area contributed by atoms with Crippen LogP contribution in [0.2, 0.25) is 0 Å². The van der Waals surface area contributed by atoms with E-state index in [1.54, 1.807) is 0 Å². The highest BCUT2D eigenvalue weighted by atomic mass is 19.4. The standard InChI is InChI=1S/C14H13F4N3O/c1-13(15)5-7(6-13)19-9-4-11(22)21-12-8(9)2-3-10(20-12)14(16,17)18/h2-4,7H,5-6H2,1H3,(H2,19,20,21,22). The van der Waals surface area contributed by atoms with Gasteiger partial charge in [-0.1, -0.05) is 0 Å². The fourth-order valence-electron chi connectivity index (χ4n) is 2.70. The van der Waals surface area contributed by atoms with Gasteiger partial charge in [-0.2, -0.15) is 13.2 Å². The first kappa shape index (κ1) is 14.8. The zero-order valence-electron chi connectivity index (χ0n) is 11.6. The number of halogens is 4. The summed E-state index contributed by atoms with van der Waals surface area (Å²) in [5, 5.41) is 3.36. The van der Waals surface area contributed by atoms with Crippen molar-refractivity contribution in [1.29, 1.82) is 0 Å². The maximum atomic E-state index is 13.5. The van der Waals surface area contributed by atoms with Crippen molar-refractivity contribution in [3.8, 4) is 0 Å². The highest BCUT2D eigenvalue weighted by Crippen LogP contribution is 2.38. The Kier molecular flexibility index (Phi) is 3.15. The van der Waals surface area contributed by atoms with E-state index in [9.17, 15) is 22.4 Å². The van der Waals surface area contributed by atoms with Gasteiger partial charge < -0.3 is 10.3 Å².